The molecule has 0 unspecified atom stereocenters. The summed E-state index contributed by atoms with van der Waals surface area (Å²) in [6.45, 7) is 7.34. The van der Waals surface area contributed by atoms with Crippen LogP contribution in [0.3, 0.4) is 0 Å². The lowest BCUT2D eigenvalue weighted by molar-refractivity contribution is 0.269. The van der Waals surface area contributed by atoms with E-state index in [2.05, 4.69) is 55.3 Å². The molecule has 0 saturated heterocycles. The fraction of sp³-hybridized carbons (Fsp3) is 0.467. The maximum absolute atomic E-state index is 9.10. The maximum atomic E-state index is 9.10. The standard InChI is InChI=1S/C15H22N4O/c1-15(2,3)12-6-4-11(5-7-12)14-13(10-16)17-18-19(14)8-9-20/h4-7,20H,8-10,16H2,1-3H3. The molecule has 2 aromatic rings. The van der Waals surface area contributed by atoms with E-state index in [4.69, 9.17) is 10.8 Å². The van der Waals surface area contributed by atoms with E-state index in [0.29, 0.717) is 13.1 Å². The number of aliphatic hydroxyl groups is 1. The van der Waals surface area contributed by atoms with Gasteiger partial charge in [0.2, 0.25) is 0 Å². The third kappa shape index (κ3) is 2.89. The molecule has 2 rings (SSSR count). The van der Waals surface area contributed by atoms with Gasteiger partial charge in [0.15, 0.2) is 0 Å². The Balaban J connectivity index is 2.43. The molecule has 1 heterocycles. The number of hydrogen-bond donors (Lipinski definition) is 2. The zero-order valence-corrected chi connectivity index (χ0v) is 12.3. The van der Waals surface area contributed by atoms with Crippen molar-refractivity contribution in [3.8, 4) is 11.3 Å². The van der Waals surface area contributed by atoms with E-state index in [1.165, 1.54) is 5.56 Å². The molecule has 0 fully saturated rings. The summed E-state index contributed by atoms with van der Waals surface area (Å²) in [5.41, 5.74) is 9.78. The second-order valence-electron chi connectivity index (χ2n) is 5.86. The number of aromatic nitrogens is 3. The van der Waals surface area contributed by atoms with Crippen molar-refractivity contribution in [3.63, 3.8) is 0 Å². The van der Waals surface area contributed by atoms with Gasteiger partial charge >= 0.3 is 0 Å². The lowest BCUT2D eigenvalue weighted by Crippen LogP contribution is -2.11. The number of aliphatic hydroxyl groups excluding tert-OH is 1. The number of nitrogens with two attached hydrogens (primary N) is 1. The van der Waals surface area contributed by atoms with Crippen LogP contribution in [0.1, 0.15) is 32.0 Å². The molecule has 20 heavy (non-hydrogen) atoms. The molecule has 5 heteroatoms. The third-order valence-corrected chi connectivity index (χ3v) is 3.33. The molecule has 0 aliphatic rings. The largest absolute Gasteiger partial charge is 0.394 e. The summed E-state index contributed by atoms with van der Waals surface area (Å²) in [5.74, 6) is 0. The molecule has 0 bridgehead atoms. The van der Waals surface area contributed by atoms with Crippen LogP contribution in [-0.4, -0.2) is 26.7 Å². The van der Waals surface area contributed by atoms with E-state index in [1.54, 1.807) is 4.68 Å². The number of rotatable bonds is 4. The highest BCUT2D eigenvalue weighted by Gasteiger charge is 2.16. The highest BCUT2D eigenvalue weighted by molar-refractivity contribution is 5.62. The van der Waals surface area contributed by atoms with Crippen LogP contribution < -0.4 is 5.73 Å². The van der Waals surface area contributed by atoms with E-state index in [9.17, 15) is 0 Å². The van der Waals surface area contributed by atoms with E-state index >= 15 is 0 Å². The summed E-state index contributed by atoms with van der Waals surface area (Å²) in [5, 5.41) is 17.2. The van der Waals surface area contributed by atoms with Gasteiger partial charge in [-0.25, -0.2) is 4.68 Å². The summed E-state index contributed by atoms with van der Waals surface area (Å²) < 4.78 is 1.70. The zero-order valence-electron chi connectivity index (χ0n) is 12.3. The SMILES string of the molecule is CC(C)(C)c1ccc(-c2c(CN)nnn2CCO)cc1. The van der Waals surface area contributed by atoms with E-state index < -0.39 is 0 Å². The Labute approximate surface area is 119 Å². The Bertz CT molecular complexity index is 567. The monoisotopic (exact) mass is 274 g/mol. The summed E-state index contributed by atoms with van der Waals surface area (Å²) in [6.07, 6.45) is 0. The van der Waals surface area contributed by atoms with Gasteiger partial charge in [0.25, 0.3) is 0 Å². The van der Waals surface area contributed by atoms with E-state index in [1.807, 2.05) is 0 Å². The van der Waals surface area contributed by atoms with Crippen molar-refractivity contribution in [2.24, 2.45) is 5.73 Å². The summed E-state index contributed by atoms with van der Waals surface area (Å²) in [4.78, 5) is 0. The first kappa shape index (κ1) is 14.7. The minimum Gasteiger partial charge on any atom is -0.394 e. The minimum atomic E-state index is 0.0282. The topological polar surface area (TPSA) is 77.0 Å². The van der Waals surface area contributed by atoms with Gasteiger partial charge in [0, 0.05) is 12.1 Å². The van der Waals surface area contributed by atoms with E-state index in [-0.39, 0.29) is 12.0 Å². The molecule has 0 aliphatic heterocycles. The second kappa shape index (κ2) is 5.73. The van der Waals surface area contributed by atoms with Gasteiger partial charge in [-0.2, -0.15) is 0 Å². The van der Waals surface area contributed by atoms with Gasteiger partial charge in [-0.15, -0.1) is 5.10 Å². The molecule has 1 aromatic heterocycles. The zero-order chi connectivity index (χ0) is 14.8. The van der Waals surface area contributed by atoms with Gasteiger partial charge in [0.1, 0.15) is 5.69 Å². The molecule has 0 saturated carbocycles. The fourth-order valence-corrected chi connectivity index (χ4v) is 2.18. The Kier molecular flexibility index (Phi) is 4.20. The summed E-state index contributed by atoms with van der Waals surface area (Å²) >= 11 is 0. The molecular weight excluding hydrogens is 252 g/mol. The fourth-order valence-electron chi connectivity index (χ4n) is 2.18. The van der Waals surface area contributed by atoms with Crippen LogP contribution in [-0.2, 0) is 18.5 Å². The number of nitrogens with zero attached hydrogens (tertiary/aromatic N) is 3. The second-order valence-corrected chi connectivity index (χ2v) is 5.86. The highest BCUT2D eigenvalue weighted by atomic mass is 16.3. The first-order valence-electron chi connectivity index (χ1n) is 6.81. The molecule has 3 N–H and O–H groups in total. The van der Waals surface area contributed by atoms with Crippen molar-refractivity contribution in [3.05, 3.63) is 35.5 Å². The molecule has 0 atom stereocenters. The summed E-state index contributed by atoms with van der Waals surface area (Å²) in [6, 6.07) is 8.36. The molecule has 0 amide bonds. The van der Waals surface area contributed by atoms with Crippen molar-refractivity contribution in [2.75, 3.05) is 6.61 Å². The molecule has 108 valence electrons. The first-order valence-corrected chi connectivity index (χ1v) is 6.81. The lowest BCUT2D eigenvalue weighted by atomic mass is 9.86. The lowest BCUT2D eigenvalue weighted by Gasteiger charge is -2.19. The Morgan fingerprint density at radius 3 is 2.35 bits per heavy atom. The number of hydrogen-bond acceptors (Lipinski definition) is 4. The predicted molar refractivity (Wildman–Crippen MR) is 79.1 cm³/mol. The van der Waals surface area contributed by atoms with Gasteiger partial charge in [0.05, 0.1) is 18.8 Å². The van der Waals surface area contributed by atoms with Crippen LogP contribution in [0.5, 0.6) is 0 Å². The van der Waals surface area contributed by atoms with Crippen molar-refractivity contribution in [1.29, 1.82) is 0 Å². The van der Waals surface area contributed by atoms with Gasteiger partial charge in [-0.3, -0.25) is 0 Å². The average Bonchev–Trinajstić information content (AvgIpc) is 2.81. The summed E-state index contributed by atoms with van der Waals surface area (Å²) in [7, 11) is 0. The number of benzene rings is 1. The molecule has 0 spiro atoms. The van der Waals surface area contributed by atoms with Crippen molar-refractivity contribution < 1.29 is 5.11 Å². The van der Waals surface area contributed by atoms with Crippen molar-refractivity contribution in [1.82, 2.24) is 15.0 Å². The maximum Gasteiger partial charge on any atom is 0.104 e. The van der Waals surface area contributed by atoms with Gasteiger partial charge in [-0.05, 0) is 11.0 Å². The minimum absolute atomic E-state index is 0.0282. The quantitative estimate of drug-likeness (QED) is 0.889. The highest BCUT2D eigenvalue weighted by Crippen LogP contribution is 2.27. The van der Waals surface area contributed by atoms with Crippen LogP contribution >= 0.6 is 0 Å². The Morgan fingerprint density at radius 2 is 1.85 bits per heavy atom. The Hall–Kier alpha value is -1.72. The van der Waals surface area contributed by atoms with Crippen LogP contribution in [0.4, 0.5) is 0 Å². The third-order valence-electron chi connectivity index (χ3n) is 3.33. The molecule has 0 aliphatic carbocycles. The van der Waals surface area contributed by atoms with Crippen LogP contribution in [0.25, 0.3) is 11.3 Å². The molecule has 1 aromatic carbocycles. The molecule has 5 nitrogen and oxygen atoms in total. The normalized spacial score (nSPS) is 11.8. The van der Waals surface area contributed by atoms with Gasteiger partial charge < -0.3 is 10.8 Å². The molecular formula is C15H22N4O. The van der Waals surface area contributed by atoms with Crippen LogP contribution in [0.2, 0.25) is 0 Å². The van der Waals surface area contributed by atoms with Gasteiger partial charge in [-0.1, -0.05) is 50.3 Å². The Morgan fingerprint density at radius 1 is 1.20 bits per heavy atom. The van der Waals surface area contributed by atoms with Crippen LogP contribution in [0.15, 0.2) is 24.3 Å². The van der Waals surface area contributed by atoms with E-state index in [0.717, 1.165) is 17.0 Å². The average molecular weight is 274 g/mol. The van der Waals surface area contributed by atoms with Crippen molar-refractivity contribution >= 4 is 0 Å². The van der Waals surface area contributed by atoms with Crippen LogP contribution in [0, 0.1) is 0 Å². The first-order chi connectivity index (χ1) is 9.47. The smallest absolute Gasteiger partial charge is 0.104 e. The van der Waals surface area contributed by atoms with Crippen molar-refractivity contribution in [2.45, 2.75) is 39.3 Å². The predicted octanol–water partition coefficient (Wildman–Crippen LogP) is 1.69. The molecule has 0 radical (unpaired) electrons.